The Balaban J connectivity index is 2.02. The molecule has 1 saturated carbocycles. The summed E-state index contributed by atoms with van der Waals surface area (Å²) in [6, 6.07) is 6.06. The van der Waals surface area contributed by atoms with Gasteiger partial charge in [0.25, 0.3) is 0 Å². The van der Waals surface area contributed by atoms with Crippen LogP contribution < -0.4 is 10.5 Å². The zero-order valence-electron chi connectivity index (χ0n) is 10.7. The number of hydrogen-bond donors (Lipinski definition) is 1. The van der Waals surface area contributed by atoms with Gasteiger partial charge in [-0.3, -0.25) is 0 Å². The second-order valence-corrected chi connectivity index (χ2v) is 5.00. The lowest BCUT2D eigenvalue weighted by Crippen LogP contribution is -2.04. The molecule has 0 radical (unpaired) electrons. The summed E-state index contributed by atoms with van der Waals surface area (Å²) in [6.45, 7) is 3.64. The van der Waals surface area contributed by atoms with Gasteiger partial charge in [-0.1, -0.05) is 6.92 Å². The second-order valence-electron chi connectivity index (χ2n) is 5.00. The first-order valence-electron chi connectivity index (χ1n) is 6.68. The van der Waals surface area contributed by atoms with Crippen LogP contribution in [0, 0.1) is 5.92 Å². The molecule has 0 bridgehead atoms. The van der Waals surface area contributed by atoms with Crippen LogP contribution in [0.2, 0.25) is 0 Å². The number of hydrogen-bond acceptors (Lipinski definition) is 3. The van der Waals surface area contributed by atoms with Crippen molar-refractivity contribution in [3.05, 3.63) is 30.0 Å². The normalized spacial score (nSPS) is 22.3. The van der Waals surface area contributed by atoms with Crippen LogP contribution in [-0.4, -0.2) is 13.2 Å². The first-order valence-corrected chi connectivity index (χ1v) is 6.68. The van der Waals surface area contributed by atoms with Crippen molar-refractivity contribution in [3.63, 3.8) is 0 Å². The highest BCUT2D eigenvalue weighted by molar-refractivity contribution is 5.84. The minimum atomic E-state index is 0.545. The van der Waals surface area contributed by atoms with E-state index < -0.39 is 0 Å². The Morgan fingerprint density at radius 1 is 1.39 bits per heavy atom. The minimum Gasteiger partial charge on any atom is -0.493 e. The molecule has 2 aromatic rings. The first-order chi connectivity index (χ1) is 8.85. The maximum atomic E-state index is 5.88. The SMILES string of the molecule is CCCOc1ccc2occc2c1[C@@H]1C[C@H]1CN. The maximum Gasteiger partial charge on any atom is 0.134 e. The number of furan rings is 1. The molecule has 1 aromatic heterocycles. The van der Waals surface area contributed by atoms with Crippen molar-refractivity contribution in [1.29, 1.82) is 0 Å². The van der Waals surface area contributed by atoms with Crippen LogP contribution in [0.3, 0.4) is 0 Å². The average Bonchev–Trinajstić information content (AvgIpc) is 3.02. The molecule has 3 rings (SSSR count). The number of nitrogens with two attached hydrogens (primary N) is 1. The Morgan fingerprint density at radius 2 is 2.28 bits per heavy atom. The highest BCUT2D eigenvalue weighted by atomic mass is 16.5. The summed E-state index contributed by atoms with van der Waals surface area (Å²) in [4.78, 5) is 0. The Labute approximate surface area is 107 Å². The topological polar surface area (TPSA) is 48.4 Å². The molecule has 1 aliphatic rings. The van der Waals surface area contributed by atoms with Gasteiger partial charge >= 0.3 is 0 Å². The molecule has 0 saturated heterocycles. The Bertz CT molecular complexity index is 546. The zero-order valence-corrected chi connectivity index (χ0v) is 10.7. The van der Waals surface area contributed by atoms with E-state index in [1.807, 2.05) is 18.2 Å². The molecule has 1 fully saturated rings. The predicted molar refractivity (Wildman–Crippen MR) is 71.9 cm³/mol. The molecule has 1 heterocycles. The van der Waals surface area contributed by atoms with Crippen LogP contribution in [0.25, 0.3) is 11.0 Å². The lowest BCUT2D eigenvalue weighted by molar-refractivity contribution is 0.314. The number of benzene rings is 1. The van der Waals surface area contributed by atoms with E-state index >= 15 is 0 Å². The molecule has 3 nitrogen and oxygen atoms in total. The molecule has 1 aromatic carbocycles. The highest BCUT2D eigenvalue weighted by Gasteiger charge is 2.40. The molecule has 0 spiro atoms. The van der Waals surface area contributed by atoms with E-state index in [9.17, 15) is 0 Å². The van der Waals surface area contributed by atoms with Crippen molar-refractivity contribution in [2.45, 2.75) is 25.7 Å². The monoisotopic (exact) mass is 245 g/mol. The van der Waals surface area contributed by atoms with Crippen LogP contribution >= 0.6 is 0 Å². The van der Waals surface area contributed by atoms with Crippen LogP contribution in [0.1, 0.15) is 31.2 Å². The predicted octanol–water partition coefficient (Wildman–Crippen LogP) is 3.28. The summed E-state index contributed by atoms with van der Waals surface area (Å²) >= 11 is 0. The molecule has 0 amide bonds. The maximum absolute atomic E-state index is 5.88. The number of rotatable bonds is 5. The van der Waals surface area contributed by atoms with Crippen LogP contribution in [0.4, 0.5) is 0 Å². The summed E-state index contributed by atoms with van der Waals surface area (Å²) in [5.41, 5.74) is 8.00. The molecule has 0 aliphatic heterocycles. The van der Waals surface area contributed by atoms with E-state index in [0.29, 0.717) is 11.8 Å². The molecule has 96 valence electrons. The third-order valence-electron chi connectivity index (χ3n) is 3.69. The van der Waals surface area contributed by atoms with Crippen LogP contribution in [-0.2, 0) is 0 Å². The van der Waals surface area contributed by atoms with Gasteiger partial charge in [0, 0.05) is 10.9 Å². The van der Waals surface area contributed by atoms with Crippen molar-refractivity contribution in [2.75, 3.05) is 13.2 Å². The Kier molecular flexibility index (Phi) is 3.00. The fraction of sp³-hybridized carbons (Fsp3) is 0.467. The van der Waals surface area contributed by atoms with Gasteiger partial charge < -0.3 is 14.9 Å². The summed E-state index contributed by atoms with van der Waals surface area (Å²) in [7, 11) is 0. The molecule has 2 N–H and O–H groups in total. The molecule has 3 heteroatoms. The molecular weight excluding hydrogens is 226 g/mol. The summed E-state index contributed by atoms with van der Waals surface area (Å²) in [6.07, 6.45) is 3.94. The fourth-order valence-electron chi connectivity index (χ4n) is 2.63. The Hall–Kier alpha value is -1.48. The van der Waals surface area contributed by atoms with Crippen molar-refractivity contribution in [2.24, 2.45) is 11.7 Å². The largest absolute Gasteiger partial charge is 0.493 e. The van der Waals surface area contributed by atoms with E-state index in [1.165, 1.54) is 17.4 Å². The lowest BCUT2D eigenvalue weighted by Gasteiger charge is -2.11. The van der Waals surface area contributed by atoms with Crippen LogP contribution in [0.15, 0.2) is 28.9 Å². The van der Waals surface area contributed by atoms with Crippen LogP contribution in [0.5, 0.6) is 5.75 Å². The van der Waals surface area contributed by atoms with Gasteiger partial charge in [0.05, 0.1) is 12.9 Å². The number of fused-ring (bicyclic) bond motifs is 1. The van der Waals surface area contributed by atoms with E-state index in [-0.39, 0.29) is 0 Å². The lowest BCUT2D eigenvalue weighted by atomic mass is 10.0. The van der Waals surface area contributed by atoms with E-state index in [0.717, 1.165) is 30.9 Å². The van der Waals surface area contributed by atoms with E-state index in [4.69, 9.17) is 14.9 Å². The Morgan fingerprint density at radius 3 is 3.00 bits per heavy atom. The van der Waals surface area contributed by atoms with Gasteiger partial charge in [-0.15, -0.1) is 0 Å². The summed E-state index contributed by atoms with van der Waals surface area (Å²) in [5.74, 6) is 2.16. The van der Waals surface area contributed by atoms with Crippen molar-refractivity contribution in [1.82, 2.24) is 0 Å². The van der Waals surface area contributed by atoms with Crippen molar-refractivity contribution < 1.29 is 9.15 Å². The van der Waals surface area contributed by atoms with Gasteiger partial charge in [0.15, 0.2) is 0 Å². The number of ether oxygens (including phenoxy) is 1. The van der Waals surface area contributed by atoms with Gasteiger partial charge in [0.1, 0.15) is 11.3 Å². The minimum absolute atomic E-state index is 0.545. The smallest absolute Gasteiger partial charge is 0.134 e. The highest BCUT2D eigenvalue weighted by Crippen LogP contribution is 2.52. The summed E-state index contributed by atoms with van der Waals surface area (Å²) < 4.78 is 11.4. The third-order valence-corrected chi connectivity index (χ3v) is 3.69. The average molecular weight is 245 g/mol. The van der Waals surface area contributed by atoms with E-state index in [2.05, 4.69) is 6.92 Å². The second kappa shape index (κ2) is 4.65. The molecular formula is C15H19NO2. The van der Waals surface area contributed by atoms with E-state index in [1.54, 1.807) is 6.26 Å². The van der Waals surface area contributed by atoms with Gasteiger partial charge in [-0.25, -0.2) is 0 Å². The fourth-order valence-corrected chi connectivity index (χ4v) is 2.63. The van der Waals surface area contributed by atoms with Crippen molar-refractivity contribution >= 4 is 11.0 Å². The van der Waals surface area contributed by atoms with Gasteiger partial charge in [0.2, 0.25) is 0 Å². The van der Waals surface area contributed by atoms with Gasteiger partial charge in [-0.2, -0.15) is 0 Å². The van der Waals surface area contributed by atoms with Crippen molar-refractivity contribution in [3.8, 4) is 5.75 Å². The quantitative estimate of drug-likeness (QED) is 0.879. The molecule has 18 heavy (non-hydrogen) atoms. The zero-order chi connectivity index (χ0) is 12.5. The molecule has 2 atom stereocenters. The first kappa shape index (κ1) is 11.6. The third kappa shape index (κ3) is 1.89. The standard InChI is InChI=1S/C15H19NO2/c1-2-6-17-14-4-3-13-11(5-7-18-13)15(14)12-8-10(12)9-16/h3-5,7,10,12H,2,6,8-9,16H2,1H3/t10-,12+/m0/s1. The van der Waals surface area contributed by atoms with Gasteiger partial charge in [-0.05, 0) is 49.4 Å². The molecule has 0 unspecified atom stereocenters. The summed E-state index contributed by atoms with van der Waals surface area (Å²) in [5, 5.41) is 1.18. The molecule has 1 aliphatic carbocycles.